The van der Waals surface area contributed by atoms with E-state index in [0.717, 1.165) is 20.6 Å². The summed E-state index contributed by atoms with van der Waals surface area (Å²) in [7, 11) is 0. The monoisotopic (exact) mass is 419 g/mol. The zero-order chi connectivity index (χ0) is 21.4. The Kier molecular flexibility index (Phi) is 5.13. The van der Waals surface area contributed by atoms with Gasteiger partial charge in [0.05, 0.1) is 11.1 Å². The van der Waals surface area contributed by atoms with Crippen molar-refractivity contribution in [2.45, 2.75) is 27.3 Å². The molecule has 7 heteroatoms. The molecule has 0 saturated heterocycles. The molecule has 0 aliphatic rings. The first-order valence-corrected chi connectivity index (χ1v) is 10.4. The molecule has 0 aliphatic heterocycles. The fourth-order valence-electron chi connectivity index (χ4n) is 3.46. The smallest absolute Gasteiger partial charge is 0.325 e. The van der Waals surface area contributed by atoms with Crippen LogP contribution in [-0.4, -0.2) is 15.0 Å². The van der Waals surface area contributed by atoms with E-state index in [1.807, 2.05) is 45.0 Å². The number of thiophene rings is 1. The van der Waals surface area contributed by atoms with Crippen molar-refractivity contribution in [3.05, 3.63) is 91.4 Å². The molecule has 4 rings (SSSR count). The first-order chi connectivity index (χ1) is 14.4. The number of aromatic nitrogens is 2. The number of nitrogens with zero attached hydrogens (tertiary/aromatic N) is 2. The summed E-state index contributed by atoms with van der Waals surface area (Å²) >= 11 is 1.36. The third-order valence-corrected chi connectivity index (χ3v) is 6.30. The van der Waals surface area contributed by atoms with Crippen LogP contribution in [0, 0.1) is 20.8 Å². The van der Waals surface area contributed by atoms with Crippen LogP contribution in [0.4, 0.5) is 5.69 Å². The molecule has 4 aromatic rings. The predicted molar refractivity (Wildman–Crippen MR) is 121 cm³/mol. The summed E-state index contributed by atoms with van der Waals surface area (Å²) in [6.45, 7) is 5.50. The highest BCUT2D eigenvalue weighted by atomic mass is 32.1. The molecule has 0 aliphatic carbocycles. The van der Waals surface area contributed by atoms with Crippen molar-refractivity contribution in [2.75, 3.05) is 5.32 Å². The van der Waals surface area contributed by atoms with E-state index in [0.29, 0.717) is 21.6 Å². The molecule has 152 valence electrons. The zero-order valence-corrected chi connectivity index (χ0v) is 17.7. The number of aryl methyl sites for hydroxylation is 3. The van der Waals surface area contributed by atoms with Gasteiger partial charge in [-0.25, -0.2) is 9.36 Å². The number of nitrogens with one attached hydrogen (secondary N) is 1. The van der Waals surface area contributed by atoms with Crippen LogP contribution >= 0.6 is 11.3 Å². The highest BCUT2D eigenvalue weighted by Crippen LogP contribution is 2.27. The van der Waals surface area contributed by atoms with E-state index in [4.69, 9.17) is 0 Å². The average Bonchev–Trinajstić information content (AvgIpc) is 3.01. The van der Waals surface area contributed by atoms with E-state index >= 15 is 0 Å². The van der Waals surface area contributed by atoms with E-state index in [1.165, 1.54) is 15.9 Å². The van der Waals surface area contributed by atoms with E-state index in [-0.39, 0.29) is 18.0 Å². The normalized spacial score (nSPS) is 11.0. The van der Waals surface area contributed by atoms with Crippen LogP contribution in [0.1, 0.15) is 16.0 Å². The van der Waals surface area contributed by atoms with Gasteiger partial charge in [-0.1, -0.05) is 30.3 Å². The summed E-state index contributed by atoms with van der Waals surface area (Å²) in [6.07, 6.45) is 0. The molecule has 0 radical (unpaired) electrons. The Morgan fingerprint density at radius 3 is 2.43 bits per heavy atom. The molecular weight excluding hydrogens is 398 g/mol. The number of para-hydroxylation sites is 1. The summed E-state index contributed by atoms with van der Waals surface area (Å²) < 4.78 is 2.55. The number of carbonyl (C=O) groups excluding carboxylic acids is 1. The minimum absolute atomic E-state index is 0.185. The minimum Gasteiger partial charge on any atom is -0.325 e. The van der Waals surface area contributed by atoms with Gasteiger partial charge in [0.25, 0.3) is 5.56 Å². The Morgan fingerprint density at radius 2 is 1.73 bits per heavy atom. The molecule has 0 saturated carbocycles. The first-order valence-electron chi connectivity index (χ1n) is 9.54. The lowest BCUT2D eigenvalue weighted by Crippen LogP contribution is -2.40. The predicted octanol–water partition coefficient (Wildman–Crippen LogP) is 3.78. The quantitative estimate of drug-likeness (QED) is 0.547. The molecule has 1 amide bonds. The maximum absolute atomic E-state index is 13.4. The van der Waals surface area contributed by atoms with Gasteiger partial charge in [-0.05, 0) is 56.2 Å². The Morgan fingerprint density at radius 1 is 1.00 bits per heavy atom. The molecule has 0 bridgehead atoms. The van der Waals surface area contributed by atoms with Gasteiger partial charge >= 0.3 is 5.69 Å². The van der Waals surface area contributed by atoms with Crippen LogP contribution in [0.15, 0.2) is 64.2 Å². The number of benzene rings is 2. The van der Waals surface area contributed by atoms with E-state index in [9.17, 15) is 14.4 Å². The van der Waals surface area contributed by atoms with Gasteiger partial charge in [0, 0.05) is 10.6 Å². The lowest BCUT2D eigenvalue weighted by molar-refractivity contribution is -0.116. The molecule has 1 N–H and O–H groups in total. The van der Waals surface area contributed by atoms with Crippen LogP contribution in [0.2, 0.25) is 0 Å². The fourth-order valence-corrected chi connectivity index (χ4v) is 4.60. The van der Waals surface area contributed by atoms with E-state index in [1.54, 1.807) is 30.3 Å². The zero-order valence-electron chi connectivity index (χ0n) is 16.9. The second-order valence-corrected chi connectivity index (χ2v) is 8.43. The second-order valence-electron chi connectivity index (χ2n) is 7.23. The van der Waals surface area contributed by atoms with Crippen LogP contribution in [0.5, 0.6) is 0 Å². The number of rotatable bonds is 4. The maximum atomic E-state index is 13.4. The number of carbonyl (C=O) groups is 1. The van der Waals surface area contributed by atoms with Gasteiger partial charge in [-0.2, -0.15) is 0 Å². The molecule has 6 nitrogen and oxygen atoms in total. The summed E-state index contributed by atoms with van der Waals surface area (Å²) in [4.78, 5) is 40.8. The van der Waals surface area contributed by atoms with Crippen molar-refractivity contribution in [1.82, 2.24) is 9.13 Å². The van der Waals surface area contributed by atoms with Gasteiger partial charge in [0.1, 0.15) is 11.4 Å². The summed E-state index contributed by atoms with van der Waals surface area (Å²) in [6, 6.07) is 16.3. The molecule has 0 atom stereocenters. The molecular formula is C23H21N3O3S. The van der Waals surface area contributed by atoms with Crippen molar-refractivity contribution in [3.63, 3.8) is 0 Å². The van der Waals surface area contributed by atoms with Crippen LogP contribution < -0.4 is 16.6 Å². The number of hydrogen-bond acceptors (Lipinski definition) is 4. The molecule has 0 unspecified atom stereocenters. The van der Waals surface area contributed by atoms with Crippen molar-refractivity contribution >= 4 is 33.1 Å². The Hall–Kier alpha value is -3.45. The Bertz CT molecular complexity index is 1380. The summed E-state index contributed by atoms with van der Waals surface area (Å²) in [5, 5.41) is 3.28. The molecule has 2 aromatic heterocycles. The molecule has 0 fully saturated rings. The van der Waals surface area contributed by atoms with E-state index < -0.39 is 5.69 Å². The average molecular weight is 420 g/mol. The van der Waals surface area contributed by atoms with Gasteiger partial charge < -0.3 is 5.32 Å². The third kappa shape index (κ3) is 3.48. The minimum atomic E-state index is -0.525. The van der Waals surface area contributed by atoms with Gasteiger partial charge in [-0.3, -0.25) is 14.2 Å². The van der Waals surface area contributed by atoms with Crippen LogP contribution in [0.3, 0.4) is 0 Å². The largest absolute Gasteiger partial charge is 0.337 e. The number of amides is 1. The second kappa shape index (κ2) is 7.76. The lowest BCUT2D eigenvalue weighted by atomic mass is 10.2. The highest BCUT2D eigenvalue weighted by Gasteiger charge is 2.21. The maximum Gasteiger partial charge on any atom is 0.337 e. The molecule has 0 spiro atoms. The SMILES string of the molecule is Cc1cccc(-n2c(=O)c3c(C)c(C)sc3n(CC(=O)Nc3ccccc3)c2=O)c1. The topological polar surface area (TPSA) is 73.1 Å². The standard InChI is InChI=1S/C23H21N3O3S/c1-14-8-7-11-18(12-14)26-21(28)20-15(2)16(3)30-22(20)25(23(26)29)13-19(27)24-17-9-5-4-6-10-17/h4-12H,13H2,1-3H3,(H,24,27). The third-order valence-electron chi connectivity index (χ3n) is 5.07. The van der Waals surface area contributed by atoms with E-state index in [2.05, 4.69) is 5.32 Å². The lowest BCUT2D eigenvalue weighted by Gasteiger charge is -2.13. The molecule has 30 heavy (non-hydrogen) atoms. The highest BCUT2D eigenvalue weighted by molar-refractivity contribution is 7.18. The van der Waals surface area contributed by atoms with Crippen LogP contribution in [-0.2, 0) is 11.3 Å². The summed E-state index contributed by atoms with van der Waals surface area (Å²) in [5.41, 5.74) is 2.03. The van der Waals surface area contributed by atoms with Crippen LogP contribution in [0.25, 0.3) is 15.9 Å². The van der Waals surface area contributed by atoms with Gasteiger partial charge in [0.15, 0.2) is 0 Å². The fraction of sp³-hybridized carbons (Fsp3) is 0.174. The van der Waals surface area contributed by atoms with Crippen molar-refractivity contribution < 1.29 is 4.79 Å². The number of hydrogen-bond donors (Lipinski definition) is 1. The van der Waals surface area contributed by atoms with Gasteiger partial charge in [0.2, 0.25) is 5.91 Å². The molecule has 2 heterocycles. The number of fused-ring (bicyclic) bond motifs is 1. The van der Waals surface area contributed by atoms with Crippen molar-refractivity contribution in [3.8, 4) is 5.69 Å². The first kappa shape index (κ1) is 19.8. The molecule has 2 aromatic carbocycles. The van der Waals surface area contributed by atoms with Gasteiger partial charge in [-0.15, -0.1) is 11.3 Å². The Balaban J connectivity index is 1.90. The van der Waals surface area contributed by atoms with Crippen molar-refractivity contribution in [2.24, 2.45) is 0 Å². The Labute approximate surface area is 177 Å². The number of anilines is 1. The van der Waals surface area contributed by atoms with Crippen molar-refractivity contribution in [1.29, 1.82) is 0 Å². The summed E-state index contributed by atoms with van der Waals surface area (Å²) in [5.74, 6) is -0.331.